The molecule has 104 valence electrons. The van der Waals surface area contributed by atoms with E-state index >= 15 is 0 Å². The summed E-state index contributed by atoms with van der Waals surface area (Å²) >= 11 is 1.57. The zero-order valence-electron chi connectivity index (χ0n) is 11.0. The van der Waals surface area contributed by atoms with Crippen molar-refractivity contribution in [2.75, 3.05) is 13.1 Å². The summed E-state index contributed by atoms with van der Waals surface area (Å²) in [4.78, 5) is 29.6. The van der Waals surface area contributed by atoms with Crippen LogP contribution in [0.5, 0.6) is 0 Å². The van der Waals surface area contributed by atoms with Gasteiger partial charge in [-0.2, -0.15) is 0 Å². The van der Waals surface area contributed by atoms with E-state index < -0.39 is 11.9 Å². The van der Waals surface area contributed by atoms with Crippen molar-refractivity contribution >= 4 is 23.3 Å². The SMILES string of the molecule is Cc1nc(C)c(CNC(=O)N2CCC(C(=O)O)C2)s1. The lowest BCUT2D eigenvalue weighted by molar-refractivity contribution is -0.141. The van der Waals surface area contributed by atoms with Crippen molar-refractivity contribution in [3.63, 3.8) is 0 Å². The van der Waals surface area contributed by atoms with E-state index in [9.17, 15) is 9.59 Å². The average molecular weight is 283 g/mol. The van der Waals surface area contributed by atoms with Crippen LogP contribution in [0.4, 0.5) is 4.79 Å². The van der Waals surface area contributed by atoms with Gasteiger partial charge in [-0.25, -0.2) is 9.78 Å². The van der Waals surface area contributed by atoms with Gasteiger partial charge in [-0.1, -0.05) is 0 Å². The van der Waals surface area contributed by atoms with Crippen LogP contribution in [0.25, 0.3) is 0 Å². The molecule has 2 N–H and O–H groups in total. The molecule has 1 unspecified atom stereocenters. The minimum atomic E-state index is -0.829. The fourth-order valence-corrected chi connectivity index (χ4v) is 3.03. The molecular formula is C12H17N3O3S. The van der Waals surface area contributed by atoms with Gasteiger partial charge in [0.1, 0.15) is 0 Å². The van der Waals surface area contributed by atoms with Gasteiger partial charge in [0, 0.05) is 18.0 Å². The number of amides is 2. The lowest BCUT2D eigenvalue weighted by Gasteiger charge is -2.16. The quantitative estimate of drug-likeness (QED) is 0.878. The van der Waals surface area contributed by atoms with Gasteiger partial charge < -0.3 is 15.3 Å². The second-order valence-electron chi connectivity index (χ2n) is 4.67. The lowest BCUT2D eigenvalue weighted by atomic mass is 10.1. The molecule has 1 fully saturated rings. The molecule has 1 aromatic heterocycles. The van der Waals surface area contributed by atoms with Crippen molar-refractivity contribution in [3.8, 4) is 0 Å². The molecular weight excluding hydrogens is 266 g/mol. The molecule has 0 bridgehead atoms. The van der Waals surface area contributed by atoms with Crippen LogP contribution in [0.15, 0.2) is 0 Å². The summed E-state index contributed by atoms with van der Waals surface area (Å²) in [5.41, 5.74) is 0.938. The molecule has 2 rings (SSSR count). The molecule has 7 heteroatoms. The fourth-order valence-electron chi connectivity index (χ4n) is 2.15. The molecule has 1 atom stereocenters. The van der Waals surface area contributed by atoms with Gasteiger partial charge in [0.25, 0.3) is 0 Å². The number of carboxylic acid groups (broad SMARTS) is 1. The maximum absolute atomic E-state index is 11.9. The first kappa shape index (κ1) is 13.8. The Balaban J connectivity index is 1.85. The number of rotatable bonds is 3. The van der Waals surface area contributed by atoms with E-state index in [1.165, 1.54) is 0 Å². The average Bonchev–Trinajstić information content (AvgIpc) is 2.93. The topological polar surface area (TPSA) is 82.5 Å². The number of nitrogens with one attached hydrogen (secondary N) is 1. The number of aryl methyl sites for hydroxylation is 2. The van der Waals surface area contributed by atoms with Crippen molar-refractivity contribution in [2.24, 2.45) is 5.92 Å². The van der Waals surface area contributed by atoms with Crippen LogP contribution in [-0.4, -0.2) is 40.1 Å². The number of hydrogen-bond acceptors (Lipinski definition) is 4. The van der Waals surface area contributed by atoms with Crippen LogP contribution < -0.4 is 5.32 Å². The first-order valence-corrected chi connectivity index (χ1v) is 6.97. The number of likely N-dealkylation sites (tertiary alicyclic amines) is 1. The van der Waals surface area contributed by atoms with E-state index in [0.717, 1.165) is 15.6 Å². The van der Waals surface area contributed by atoms with Crippen molar-refractivity contribution in [3.05, 3.63) is 15.6 Å². The largest absolute Gasteiger partial charge is 0.481 e. The molecule has 1 aliphatic rings. The molecule has 2 heterocycles. The van der Waals surface area contributed by atoms with Gasteiger partial charge in [-0.05, 0) is 20.3 Å². The normalized spacial score (nSPS) is 18.6. The summed E-state index contributed by atoms with van der Waals surface area (Å²) in [6, 6.07) is -0.200. The van der Waals surface area contributed by atoms with Gasteiger partial charge in [-0.15, -0.1) is 11.3 Å². The highest BCUT2D eigenvalue weighted by Gasteiger charge is 2.30. The Hall–Kier alpha value is -1.63. The molecule has 1 saturated heterocycles. The Labute approximate surface area is 115 Å². The Morgan fingerprint density at radius 3 is 2.79 bits per heavy atom. The number of thiazole rings is 1. The maximum atomic E-state index is 11.9. The molecule has 0 aromatic carbocycles. The highest BCUT2D eigenvalue weighted by atomic mass is 32.1. The molecule has 0 spiro atoms. The first-order chi connectivity index (χ1) is 8.97. The number of nitrogens with zero attached hydrogens (tertiary/aromatic N) is 2. The molecule has 1 aliphatic heterocycles. The summed E-state index contributed by atoms with van der Waals surface area (Å²) in [6.07, 6.45) is 0.529. The zero-order valence-corrected chi connectivity index (χ0v) is 11.8. The molecule has 6 nitrogen and oxygen atoms in total. The predicted octanol–water partition coefficient (Wildman–Crippen LogP) is 1.38. The zero-order chi connectivity index (χ0) is 14.0. The van der Waals surface area contributed by atoms with Crippen LogP contribution in [0.1, 0.15) is 22.0 Å². The molecule has 19 heavy (non-hydrogen) atoms. The smallest absolute Gasteiger partial charge is 0.317 e. The third-order valence-corrected chi connectivity index (χ3v) is 4.30. The summed E-state index contributed by atoms with van der Waals surface area (Å²) < 4.78 is 0. The number of hydrogen-bond donors (Lipinski definition) is 2. The number of urea groups is 1. The number of carbonyl (C=O) groups is 2. The van der Waals surface area contributed by atoms with Crippen molar-refractivity contribution in [2.45, 2.75) is 26.8 Å². The van der Waals surface area contributed by atoms with Crippen molar-refractivity contribution in [1.82, 2.24) is 15.2 Å². The van der Waals surface area contributed by atoms with E-state index in [2.05, 4.69) is 10.3 Å². The Morgan fingerprint density at radius 2 is 2.26 bits per heavy atom. The summed E-state index contributed by atoms with van der Waals surface area (Å²) in [7, 11) is 0. The van der Waals surface area contributed by atoms with Crippen LogP contribution in [-0.2, 0) is 11.3 Å². The van der Waals surface area contributed by atoms with Crippen LogP contribution >= 0.6 is 11.3 Å². The third kappa shape index (κ3) is 3.23. The Bertz CT molecular complexity index is 500. The number of carbonyl (C=O) groups excluding carboxylic acids is 1. The highest BCUT2D eigenvalue weighted by Crippen LogP contribution is 2.18. The van der Waals surface area contributed by atoms with Crippen LogP contribution in [0.3, 0.4) is 0 Å². The summed E-state index contributed by atoms with van der Waals surface area (Å²) in [6.45, 7) is 5.10. The monoisotopic (exact) mass is 283 g/mol. The van der Waals surface area contributed by atoms with Crippen LogP contribution in [0, 0.1) is 19.8 Å². The molecule has 0 saturated carbocycles. The molecule has 1 aromatic rings. The Morgan fingerprint density at radius 1 is 1.53 bits per heavy atom. The molecule has 0 aliphatic carbocycles. The Kier molecular flexibility index (Phi) is 4.04. The molecule has 2 amide bonds. The van der Waals surface area contributed by atoms with Crippen LogP contribution in [0.2, 0.25) is 0 Å². The minimum Gasteiger partial charge on any atom is -0.481 e. The van der Waals surface area contributed by atoms with Gasteiger partial charge in [0.15, 0.2) is 0 Å². The van der Waals surface area contributed by atoms with E-state index in [4.69, 9.17) is 5.11 Å². The van der Waals surface area contributed by atoms with Gasteiger partial charge in [-0.3, -0.25) is 4.79 Å². The van der Waals surface area contributed by atoms with Gasteiger partial charge >= 0.3 is 12.0 Å². The summed E-state index contributed by atoms with van der Waals surface area (Å²) in [5.74, 6) is -1.26. The molecule has 0 radical (unpaired) electrons. The van der Waals surface area contributed by atoms with E-state index in [0.29, 0.717) is 26.1 Å². The van der Waals surface area contributed by atoms with Crippen molar-refractivity contribution < 1.29 is 14.7 Å². The number of carboxylic acids is 1. The number of aliphatic carboxylic acids is 1. The van der Waals surface area contributed by atoms with E-state index in [-0.39, 0.29) is 6.03 Å². The second kappa shape index (κ2) is 5.56. The standard InChI is InChI=1S/C12H17N3O3S/c1-7-10(19-8(2)14-7)5-13-12(18)15-4-3-9(6-15)11(16)17/h9H,3-6H2,1-2H3,(H,13,18)(H,16,17). The fraction of sp³-hybridized carbons (Fsp3) is 0.583. The van der Waals surface area contributed by atoms with Crippen molar-refractivity contribution in [1.29, 1.82) is 0 Å². The van der Waals surface area contributed by atoms with E-state index in [1.807, 2.05) is 13.8 Å². The van der Waals surface area contributed by atoms with E-state index in [1.54, 1.807) is 16.2 Å². The number of aromatic nitrogens is 1. The first-order valence-electron chi connectivity index (χ1n) is 6.16. The van der Waals surface area contributed by atoms with Gasteiger partial charge in [0.05, 0.1) is 23.2 Å². The summed E-state index contributed by atoms with van der Waals surface area (Å²) in [5, 5.41) is 12.7. The highest BCUT2D eigenvalue weighted by molar-refractivity contribution is 7.11. The minimum absolute atomic E-state index is 0.200. The van der Waals surface area contributed by atoms with Gasteiger partial charge in [0.2, 0.25) is 0 Å². The maximum Gasteiger partial charge on any atom is 0.317 e. The lowest BCUT2D eigenvalue weighted by Crippen LogP contribution is -2.38. The predicted molar refractivity (Wildman–Crippen MR) is 71.1 cm³/mol. The third-order valence-electron chi connectivity index (χ3n) is 3.22. The second-order valence-corrected chi connectivity index (χ2v) is 5.96.